The molecule has 1 aliphatic rings. The summed E-state index contributed by atoms with van der Waals surface area (Å²) in [6, 6.07) is 7.75. The third kappa shape index (κ3) is 2.54. The number of rotatable bonds is 4. The quantitative estimate of drug-likeness (QED) is 0.857. The smallest absolute Gasteiger partial charge is 0.224 e. The molecule has 1 amide bonds. The number of amides is 1. The molecule has 3 rings (SSSR count). The number of nitrogens with zero attached hydrogens (tertiary/aromatic N) is 2. The van der Waals surface area contributed by atoms with Crippen molar-refractivity contribution in [1.29, 1.82) is 0 Å². The van der Waals surface area contributed by atoms with E-state index in [9.17, 15) is 4.79 Å². The van der Waals surface area contributed by atoms with E-state index in [1.54, 1.807) is 7.11 Å². The van der Waals surface area contributed by atoms with Crippen LogP contribution in [-0.2, 0) is 9.53 Å². The molecule has 5 heteroatoms. The number of para-hydroxylation sites is 2. The zero-order chi connectivity index (χ0) is 13.9. The summed E-state index contributed by atoms with van der Waals surface area (Å²) in [5.74, 6) is 1.09. The van der Waals surface area contributed by atoms with E-state index in [4.69, 9.17) is 9.15 Å². The van der Waals surface area contributed by atoms with Crippen molar-refractivity contribution in [2.75, 3.05) is 26.8 Å². The second-order valence-corrected chi connectivity index (χ2v) is 5.09. The van der Waals surface area contributed by atoms with Crippen molar-refractivity contribution in [1.82, 2.24) is 9.88 Å². The molecule has 5 nitrogen and oxygen atoms in total. The van der Waals surface area contributed by atoms with Crippen molar-refractivity contribution in [3.8, 4) is 0 Å². The highest BCUT2D eigenvalue weighted by atomic mass is 16.5. The Bertz CT molecular complexity index is 575. The number of oxazole rings is 1. The van der Waals surface area contributed by atoms with E-state index in [0.717, 1.165) is 30.0 Å². The SMILES string of the molecule is COCCC(=O)N1CCC(c2nc3ccccc3o2)C1. The van der Waals surface area contributed by atoms with Crippen molar-refractivity contribution in [3.05, 3.63) is 30.2 Å². The van der Waals surface area contributed by atoms with Crippen LogP contribution in [0.15, 0.2) is 28.7 Å². The highest BCUT2D eigenvalue weighted by Crippen LogP contribution is 2.29. The lowest BCUT2D eigenvalue weighted by atomic mass is 10.1. The molecule has 1 atom stereocenters. The maximum absolute atomic E-state index is 11.9. The summed E-state index contributed by atoms with van der Waals surface area (Å²) < 4.78 is 10.7. The normalized spacial score (nSPS) is 18.9. The van der Waals surface area contributed by atoms with Gasteiger partial charge in [-0.3, -0.25) is 4.79 Å². The number of methoxy groups -OCH3 is 1. The van der Waals surface area contributed by atoms with Gasteiger partial charge in [-0.05, 0) is 18.6 Å². The molecule has 0 saturated carbocycles. The first-order chi connectivity index (χ1) is 9.78. The molecule has 0 bridgehead atoms. The molecule has 1 fully saturated rings. The molecule has 1 aromatic heterocycles. The fraction of sp³-hybridized carbons (Fsp3) is 0.467. The zero-order valence-electron chi connectivity index (χ0n) is 11.5. The van der Waals surface area contributed by atoms with Gasteiger partial charge in [0.05, 0.1) is 18.9 Å². The lowest BCUT2D eigenvalue weighted by molar-refractivity contribution is -0.131. The Hall–Kier alpha value is -1.88. The molecule has 0 aliphatic carbocycles. The largest absolute Gasteiger partial charge is 0.440 e. The average molecular weight is 274 g/mol. The number of benzene rings is 1. The molecule has 0 radical (unpaired) electrons. The van der Waals surface area contributed by atoms with E-state index in [-0.39, 0.29) is 11.8 Å². The molecule has 1 aromatic carbocycles. The van der Waals surface area contributed by atoms with Crippen LogP contribution < -0.4 is 0 Å². The van der Waals surface area contributed by atoms with Gasteiger partial charge in [-0.25, -0.2) is 4.98 Å². The highest BCUT2D eigenvalue weighted by Gasteiger charge is 2.30. The third-order valence-electron chi connectivity index (χ3n) is 3.72. The summed E-state index contributed by atoms with van der Waals surface area (Å²) >= 11 is 0. The minimum Gasteiger partial charge on any atom is -0.440 e. The third-order valence-corrected chi connectivity index (χ3v) is 3.72. The number of carbonyl (C=O) groups excluding carboxylic acids is 1. The van der Waals surface area contributed by atoms with Crippen LogP contribution in [-0.4, -0.2) is 42.6 Å². The van der Waals surface area contributed by atoms with Crippen molar-refractivity contribution < 1.29 is 13.9 Å². The first kappa shape index (κ1) is 13.1. The maximum atomic E-state index is 11.9. The molecular formula is C15H18N2O3. The van der Waals surface area contributed by atoms with Gasteiger partial charge in [-0.15, -0.1) is 0 Å². The van der Waals surface area contributed by atoms with Crippen molar-refractivity contribution >= 4 is 17.0 Å². The van der Waals surface area contributed by atoms with Crippen molar-refractivity contribution in [3.63, 3.8) is 0 Å². The Morgan fingerprint density at radius 1 is 1.50 bits per heavy atom. The van der Waals surface area contributed by atoms with Gasteiger partial charge < -0.3 is 14.1 Å². The monoisotopic (exact) mass is 274 g/mol. The molecule has 0 N–H and O–H groups in total. The van der Waals surface area contributed by atoms with Crippen LogP contribution in [0.3, 0.4) is 0 Å². The van der Waals surface area contributed by atoms with Gasteiger partial charge in [-0.1, -0.05) is 12.1 Å². The molecule has 1 aliphatic heterocycles. The predicted molar refractivity (Wildman–Crippen MR) is 74.4 cm³/mol. The van der Waals surface area contributed by atoms with Crippen LogP contribution in [0, 0.1) is 0 Å². The molecule has 2 aromatic rings. The first-order valence-electron chi connectivity index (χ1n) is 6.90. The number of carbonyl (C=O) groups is 1. The van der Waals surface area contributed by atoms with E-state index in [2.05, 4.69) is 4.98 Å². The minimum absolute atomic E-state index is 0.144. The Morgan fingerprint density at radius 3 is 3.15 bits per heavy atom. The molecule has 106 valence electrons. The number of fused-ring (bicyclic) bond motifs is 1. The van der Waals surface area contributed by atoms with E-state index >= 15 is 0 Å². The molecule has 1 saturated heterocycles. The van der Waals surface area contributed by atoms with Crippen LogP contribution in [0.5, 0.6) is 0 Å². The summed E-state index contributed by atoms with van der Waals surface area (Å²) in [4.78, 5) is 18.3. The van der Waals surface area contributed by atoms with E-state index in [1.807, 2.05) is 29.2 Å². The number of hydrogen-bond acceptors (Lipinski definition) is 4. The van der Waals surface area contributed by atoms with Gasteiger partial charge in [0.2, 0.25) is 5.91 Å². The van der Waals surface area contributed by atoms with Crippen LogP contribution in [0.4, 0.5) is 0 Å². The van der Waals surface area contributed by atoms with E-state index < -0.39 is 0 Å². The van der Waals surface area contributed by atoms with Gasteiger partial charge in [-0.2, -0.15) is 0 Å². The van der Waals surface area contributed by atoms with Crippen LogP contribution in [0.1, 0.15) is 24.7 Å². The molecule has 1 unspecified atom stereocenters. The predicted octanol–water partition coefficient (Wildman–Crippen LogP) is 2.18. The van der Waals surface area contributed by atoms with Crippen LogP contribution in [0.25, 0.3) is 11.1 Å². The molecule has 2 heterocycles. The maximum Gasteiger partial charge on any atom is 0.224 e. The van der Waals surface area contributed by atoms with Crippen LogP contribution >= 0.6 is 0 Å². The van der Waals surface area contributed by atoms with Gasteiger partial charge in [0.15, 0.2) is 11.5 Å². The Kier molecular flexibility index (Phi) is 3.69. The number of likely N-dealkylation sites (tertiary alicyclic amines) is 1. The Labute approximate surface area is 117 Å². The number of ether oxygens (including phenoxy) is 1. The van der Waals surface area contributed by atoms with Crippen LogP contribution in [0.2, 0.25) is 0 Å². The molecule has 20 heavy (non-hydrogen) atoms. The Balaban J connectivity index is 1.69. The fourth-order valence-corrected chi connectivity index (χ4v) is 2.60. The summed E-state index contributed by atoms with van der Waals surface area (Å²) in [6.45, 7) is 1.93. The lowest BCUT2D eigenvalue weighted by Gasteiger charge is -2.15. The molecular weight excluding hydrogens is 256 g/mol. The first-order valence-corrected chi connectivity index (χ1v) is 6.90. The minimum atomic E-state index is 0.144. The topological polar surface area (TPSA) is 55.6 Å². The van der Waals surface area contributed by atoms with Crippen molar-refractivity contribution in [2.45, 2.75) is 18.8 Å². The van der Waals surface area contributed by atoms with E-state index in [1.165, 1.54) is 0 Å². The number of aromatic nitrogens is 1. The van der Waals surface area contributed by atoms with Gasteiger partial charge in [0, 0.05) is 20.2 Å². The zero-order valence-corrected chi connectivity index (χ0v) is 11.5. The summed E-state index contributed by atoms with van der Waals surface area (Å²) in [6.07, 6.45) is 1.35. The standard InChI is InChI=1S/C15H18N2O3/c1-19-9-7-14(18)17-8-6-11(10-17)15-16-12-4-2-3-5-13(12)20-15/h2-5,11H,6-10H2,1H3. The average Bonchev–Trinajstić information content (AvgIpc) is 3.10. The highest BCUT2D eigenvalue weighted by molar-refractivity contribution is 5.76. The van der Waals surface area contributed by atoms with Gasteiger partial charge in [0.1, 0.15) is 5.52 Å². The van der Waals surface area contributed by atoms with Gasteiger partial charge in [0.25, 0.3) is 0 Å². The van der Waals surface area contributed by atoms with Crippen molar-refractivity contribution in [2.24, 2.45) is 0 Å². The Morgan fingerprint density at radius 2 is 2.35 bits per heavy atom. The molecule has 0 spiro atoms. The van der Waals surface area contributed by atoms with E-state index in [0.29, 0.717) is 19.6 Å². The summed E-state index contributed by atoms with van der Waals surface area (Å²) in [5.41, 5.74) is 1.69. The van der Waals surface area contributed by atoms with Gasteiger partial charge >= 0.3 is 0 Å². The second kappa shape index (κ2) is 5.63. The second-order valence-electron chi connectivity index (χ2n) is 5.09. The number of hydrogen-bond donors (Lipinski definition) is 0. The lowest BCUT2D eigenvalue weighted by Crippen LogP contribution is -2.29. The fourth-order valence-electron chi connectivity index (χ4n) is 2.60. The summed E-state index contributed by atoms with van der Waals surface area (Å²) in [7, 11) is 1.61. The summed E-state index contributed by atoms with van der Waals surface area (Å²) in [5, 5.41) is 0.